The second-order valence-electron chi connectivity index (χ2n) is 7.53. The molecule has 2 aromatic heterocycles. The SMILES string of the molecule is Cc1ncc(CN2CCC(c3nn(C)c(=O)n3Cc3ccccc3)CC2)cn1. The normalized spacial score (nSPS) is 15.8. The van der Waals surface area contributed by atoms with Crippen molar-refractivity contribution in [2.24, 2.45) is 7.05 Å². The van der Waals surface area contributed by atoms with E-state index in [4.69, 9.17) is 0 Å². The first-order valence-electron chi connectivity index (χ1n) is 9.77. The van der Waals surface area contributed by atoms with E-state index in [1.807, 2.05) is 42.1 Å². The Bertz CT molecular complexity index is 968. The molecule has 0 atom stereocenters. The lowest BCUT2D eigenvalue weighted by atomic mass is 9.95. The summed E-state index contributed by atoms with van der Waals surface area (Å²) in [5, 5.41) is 4.58. The fourth-order valence-electron chi connectivity index (χ4n) is 3.85. The Morgan fingerprint density at radius 2 is 1.68 bits per heavy atom. The first kappa shape index (κ1) is 18.6. The van der Waals surface area contributed by atoms with Crippen molar-refractivity contribution in [3.8, 4) is 0 Å². The van der Waals surface area contributed by atoms with Gasteiger partial charge in [0.15, 0.2) is 0 Å². The summed E-state index contributed by atoms with van der Waals surface area (Å²) in [4.78, 5) is 23.6. The van der Waals surface area contributed by atoms with Gasteiger partial charge in [-0.2, -0.15) is 5.10 Å². The zero-order chi connectivity index (χ0) is 19.5. The van der Waals surface area contributed by atoms with Crippen LogP contribution in [0, 0.1) is 6.92 Å². The van der Waals surface area contributed by atoms with Gasteiger partial charge in [0.1, 0.15) is 11.6 Å². The van der Waals surface area contributed by atoms with Crippen LogP contribution in [0.1, 0.15) is 41.5 Å². The zero-order valence-electron chi connectivity index (χ0n) is 16.5. The number of rotatable bonds is 5. The molecule has 28 heavy (non-hydrogen) atoms. The van der Waals surface area contributed by atoms with E-state index in [0.29, 0.717) is 12.5 Å². The van der Waals surface area contributed by atoms with E-state index < -0.39 is 0 Å². The van der Waals surface area contributed by atoms with Gasteiger partial charge in [-0.15, -0.1) is 0 Å². The molecule has 0 radical (unpaired) electrons. The molecule has 1 aliphatic heterocycles. The maximum absolute atomic E-state index is 12.6. The summed E-state index contributed by atoms with van der Waals surface area (Å²) in [6, 6.07) is 10.1. The van der Waals surface area contributed by atoms with Crippen molar-refractivity contribution in [1.29, 1.82) is 0 Å². The van der Waals surface area contributed by atoms with Crippen molar-refractivity contribution >= 4 is 0 Å². The summed E-state index contributed by atoms with van der Waals surface area (Å²) in [6.45, 7) is 5.30. The highest BCUT2D eigenvalue weighted by atomic mass is 16.2. The van der Waals surface area contributed by atoms with E-state index in [1.165, 1.54) is 4.68 Å². The molecule has 0 unspecified atom stereocenters. The van der Waals surface area contributed by atoms with Gasteiger partial charge in [0.2, 0.25) is 0 Å². The smallest absolute Gasteiger partial charge is 0.299 e. The molecule has 0 aliphatic carbocycles. The molecule has 4 rings (SSSR count). The molecule has 1 fully saturated rings. The Kier molecular flexibility index (Phi) is 5.34. The monoisotopic (exact) mass is 378 g/mol. The largest absolute Gasteiger partial charge is 0.345 e. The number of nitrogens with zero attached hydrogens (tertiary/aromatic N) is 6. The van der Waals surface area contributed by atoms with Crippen molar-refractivity contribution < 1.29 is 0 Å². The van der Waals surface area contributed by atoms with Gasteiger partial charge in [0.05, 0.1) is 6.54 Å². The molecule has 1 aromatic carbocycles. The molecule has 0 N–H and O–H groups in total. The number of hydrogen-bond acceptors (Lipinski definition) is 5. The van der Waals surface area contributed by atoms with Gasteiger partial charge in [-0.3, -0.25) is 9.47 Å². The lowest BCUT2D eigenvalue weighted by Gasteiger charge is -2.31. The first-order valence-corrected chi connectivity index (χ1v) is 9.77. The van der Waals surface area contributed by atoms with E-state index in [-0.39, 0.29) is 5.69 Å². The summed E-state index contributed by atoms with van der Waals surface area (Å²) in [5.74, 6) is 2.02. The van der Waals surface area contributed by atoms with Crippen LogP contribution in [-0.2, 0) is 20.1 Å². The van der Waals surface area contributed by atoms with Crippen LogP contribution in [0.3, 0.4) is 0 Å². The zero-order valence-corrected chi connectivity index (χ0v) is 16.5. The van der Waals surface area contributed by atoms with Crippen LogP contribution in [-0.4, -0.2) is 42.3 Å². The molecule has 7 heteroatoms. The molecule has 146 valence electrons. The molecule has 0 saturated carbocycles. The van der Waals surface area contributed by atoms with Crippen molar-refractivity contribution in [3.63, 3.8) is 0 Å². The predicted octanol–water partition coefficient (Wildman–Crippen LogP) is 2.11. The van der Waals surface area contributed by atoms with Gasteiger partial charge in [0, 0.05) is 37.5 Å². The standard InChI is InChI=1S/C21H26N6O/c1-16-22-12-18(13-23-16)14-26-10-8-19(9-11-26)20-24-25(2)21(28)27(20)15-17-6-4-3-5-7-17/h3-7,12-13,19H,8-11,14-15H2,1-2H3. The third-order valence-corrected chi connectivity index (χ3v) is 5.41. The second-order valence-corrected chi connectivity index (χ2v) is 7.53. The number of benzene rings is 1. The molecule has 1 aliphatic rings. The van der Waals surface area contributed by atoms with Crippen LogP contribution in [0.2, 0.25) is 0 Å². The van der Waals surface area contributed by atoms with Crippen LogP contribution in [0.25, 0.3) is 0 Å². The first-order chi connectivity index (χ1) is 13.6. The maximum Gasteiger partial charge on any atom is 0.345 e. The highest BCUT2D eigenvalue weighted by Crippen LogP contribution is 2.27. The second kappa shape index (κ2) is 8.06. The number of aryl methyl sites for hydroxylation is 2. The molecule has 3 aromatic rings. The van der Waals surface area contributed by atoms with E-state index in [1.54, 1.807) is 7.05 Å². The lowest BCUT2D eigenvalue weighted by Crippen LogP contribution is -2.34. The van der Waals surface area contributed by atoms with Crippen molar-refractivity contribution in [3.05, 3.63) is 76.0 Å². The molecule has 0 spiro atoms. The summed E-state index contributed by atoms with van der Waals surface area (Å²) in [5.41, 5.74) is 2.22. The predicted molar refractivity (Wildman–Crippen MR) is 107 cm³/mol. The summed E-state index contributed by atoms with van der Waals surface area (Å²) in [6.07, 6.45) is 5.81. The Morgan fingerprint density at radius 1 is 1.00 bits per heavy atom. The minimum absolute atomic E-state index is 0.0434. The van der Waals surface area contributed by atoms with Gasteiger partial charge < -0.3 is 0 Å². The number of hydrogen-bond donors (Lipinski definition) is 0. The Labute approximate surface area is 164 Å². The molecular weight excluding hydrogens is 352 g/mol. The molecule has 0 amide bonds. The molecular formula is C21H26N6O. The van der Waals surface area contributed by atoms with Gasteiger partial charge in [0.25, 0.3) is 0 Å². The van der Waals surface area contributed by atoms with Crippen LogP contribution < -0.4 is 5.69 Å². The van der Waals surface area contributed by atoms with E-state index in [2.05, 4.69) is 32.1 Å². The van der Waals surface area contributed by atoms with Gasteiger partial charge in [-0.25, -0.2) is 19.4 Å². The minimum atomic E-state index is -0.0434. The van der Waals surface area contributed by atoms with Crippen LogP contribution in [0.5, 0.6) is 0 Å². The van der Waals surface area contributed by atoms with E-state index >= 15 is 0 Å². The quantitative estimate of drug-likeness (QED) is 0.680. The number of likely N-dealkylation sites (tertiary alicyclic amines) is 1. The average molecular weight is 378 g/mol. The highest BCUT2D eigenvalue weighted by Gasteiger charge is 2.26. The highest BCUT2D eigenvalue weighted by molar-refractivity contribution is 5.16. The van der Waals surface area contributed by atoms with E-state index in [9.17, 15) is 4.79 Å². The Morgan fingerprint density at radius 3 is 2.36 bits per heavy atom. The van der Waals surface area contributed by atoms with Gasteiger partial charge in [-0.1, -0.05) is 30.3 Å². The fourth-order valence-corrected chi connectivity index (χ4v) is 3.85. The van der Waals surface area contributed by atoms with Crippen molar-refractivity contribution in [1.82, 2.24) is 29.2 Å². The number of aromatic nitrogens is 5. The topological polar surface area (TPSA) is 68.8 Å². The molecule has 1 saturated heterocycles. The third kappa shape index (κ3) is 4.04. The Hall–Kier alpha value is -2.80. The number of piperidine rings is 1. The lowest BCUT2D eigenvalue weighted by molar-refractivity contribution is 0.199. The average Bonchev–Trinajstić information content (AvgIpc) is 2.99. The Balaban J connectivity index is 1.45. The van der Waals surface area contributed by atoms with Gasteiger partial charge in [-0.05, 0) is 38.4 Å². The molecule has 3 heterocycles. The van der Waals surface area contributed by atoms with Crippen LogP contribution in [0.4, 0.5) is 0 Å². The summed E-state index contributed by atoms with van der Waals surface area (Å²) in [7, 11) is 1.74. The van der Waals surface area contributed by atoms with Gasteiger partial charge >= 0.3 is 5.69 Å². The van der Waals surface area contributed by atoms with Crippen LogP contribution in [0.15, 0.2) is 47.5 Å². The summed E-state index contributed by atoms with van der Waals surface area (Å²) >= 11 is 0. The summed E-state index contributed by atoms with van der Waals surface area (Å²) < 4.78 is 3.30. The fraction of sp³-hybridized carbons (Fsp3) is 0.429. The molecule has 7 nitrogen and oxygen atoms in total. The van der Waals surface area contributed by atoms with Crippen molar-refractivity contribution in [2.45, 2.75) is 38.8 Å². The van der Waals surface area contributed by atoms with E-state index in [0.717, 1.165) is 55.3 Å². The van der Waals surface area contributed by atoms with Crippen LogP contribution >= 0.6 is 0 Å². The maximum atomic E-state index is 12.6. The third-order valence-electron chi connectivity index (χ3n) is 5.41. The molecule has 0 bridgehead atoms. The minimum Gasteiger partial charge on any atom is -0.299 e. The van der Waals surface area contributed by atoms with Crippen molar-refractivity contribution in [2.75, 3.05) is 13.1 Å².